The molecule has 9 heteroatoms. The molecule has 176 valence electrons. The Bertz CT molecular complexity index is 1210. The Morgan fingerprint density at radius 1 is 1.00 bits per heavy atom. The maximum atomic E-state index is 14.7. The van der Waals surface area contributed by atoms with Gasteiger partial charge in [0.25, 0.3) is 5.91 Å². The Morgan fingerprint density at radius 3 is 2.53 bits per heavy atom. The van der Waals surface area contributed by atoms with Crippen molar-refractivity contribution in [3.8, 4) is 5.75 Å². The molecule has 0 bridgehead atoms. The molecule has 6 nitrogen and oxygen atoms in total. The lowest BCUT2D eigenvalue weighted by atomic mass is 10.0. The van der Waals surface area contributed by atoms with Crippen LogP contribution in [0.1, 0.15) is 33.9 Å². The van der Waals surface area contributed by atoms with E-state index in [0.717, 1.165) is 6.07 Å². The van der Waals surface area contributed by atoms with Crippen molar-refractivity contribution in [3.63, 3.8) is 0 Å². The standard InChI is InChI=1S/C25H21ClF2N2O4/c26-19-14-15(6-9-20(19)27)29-24(31)18-7-10-21(28)23-17(18)8-11-22(23)30-25(32)34-13-12-33-16-4-2-1-3-5-16/h1-7,9-10,14,22H,8,11-13H2,(H,29,31)(H,30,32)/t22-/m0/s1. The molecule has 0 unspecified atom stereocenters. The quantitative estimate of drug-likeness (QED) is 0.422. The third-order valence-electron chi connectivity index (χ3n) is 5.38. The summed E-state index contributed by atoms with van der Waals surface area (Å²) in [6, 6.07) is 14.9. The SMILES string of the molecule is O=C(N[C@H]1CCc2c(C(=O)Nc3ccc(F)c(Cl)c3)ccc(F)c21)OCCOc1ccccc1. The van der Waals surface area contributed by atoms with Crippen LogP contribution in [0.25, 0.3) is 0 Å². The summed E-state index contributed by atoms with van der Waals surface area (Å²) in [5.74, 6) is -0.950. The van der Waals surface area contributed by atoms with E-state index in [1.54, 1.807) is 12.1 Å². The summed E-state index contributed by atoms with van der Waals surface area (Å²) >= 11 is 5.77. The van der Waals surface area contributed by atoms with Gasteiger partial charge in [0.1, 0.15) is 30.6 Å². The van der Waals surface area contributed by atoms with Crippen LogP contribution in [-0.2, 0) is 11.2 Å². The zero-order chi connectivity index (χ0) is 24.1. The van der Waals surface area contributed by atoms with Crippen molar-refractivity contribution in [2.45, 2.75) is 18.9 Å². The highest BCUT2D eigenvalue weighted by molar-refractivity contribution is 6.31. The van der Waals surface area contributed by atoms with Crippen LogP contribution in [0.15, 0.2) is 60.7 Å². The maximum Gasteiger partial charge on any atom is 0.407 e. The minimum atomic E-state index is -0.704. The summed E-state index contributed by atoms with van der Waals surface area (Å²) in [4.78, 5) is 25.0. The molecule has 0 radical (unpaired) electrons. The number of halogens is 3. The molecule has 2 amide bonds. The first-order valence-corrected chi connectivity index (χ1v) is 11.0. The van der Waals surface area contributed by atoms with E-state index in [9.17, 15) is 18.4 Å². The second kappa shape index (κ2) is 10.5. The van der Waals surface area contributed by atoms with E-state index in [0.29, 0.717) is 29.8 Å². The average molecular weight is 487 g/mol. The van der Waals surface area contributed by atoms with Crippen LogP contribution >= 0.6 is 11.6 Å². The summed E-state index contributed by atoms with van der Waals surface area (Å²) in [5, 5.41) is 5.17. The first-order valence-electron chi connectivity index (χ1n) is 10.6. The number of benzene rings is 3. The Kier molecular flexibility index (Phi) is 7.27. The van der Waals surface area contributed by atoms with E-state index < -0.39 is 29.7 Å². The van der Waals surface area contributed by atoms with Gasteiger partial charge in [-0.15, -0.1) is 0 Å². The van der Waals surface area contributed by atoms with Crippen LogP contribution in [0.2, 0.25) is 5.02 Å². The van der Waals surface area contributed by atoms with Crippen molar-refractivity contribution < 1.29 is 27.8 Å². The molecule has 1 atom stereocenters. The molecule has 1 aliphatic rings. The Balaban J connectivity index is 1.37. The highest BCUT2D eigenvalue weighted by Gasteiger charge is 2.31. The number of para-hydroxylation sites is 1. The third-order valence-corrected chi connectivity index (χ3v) is 5.67. The van der Waals surface area contributed by atoms with Gasteiger partial charge in [-0.25, -0.2) is 13.6 Å². The van der Waals surface area contributed by atoms with Crippen LogP contribution in [0.5, 0.6) is 5.75 Å². The zero-order valence-electron chi connectivity index (χ0n) is 17.9. The van der Waals surface area contributed by atoms with Crippen molar-refractivity contribution in [1.29, 1.82) is 0 Å². The number of hydrogen-bond acceptors (Lipinski definition) is 4. The van der Waals surface area contributed by atoms with Gasteiger partial charge in [-0.3, -0.25) is 4.79 Å². The van der Waals surface area contributed by atoms with Gasteiger partial charge in [-0.05, 0) is 60.9 Å². The predicted octanol–water partition coefficient (Wildman–Crippen LogP) is 5.66. The zero-order valence-corrected chi connectivity index (χ0v) is 18.7. The molecule has 0 saturated heterocycles. The number of ether oxygens (including phenoxy) is 2. The predicted molar refractivity (Wildman–Crippen MR) is 123 cm³/mol. The van der Waals surface area contributed by atoms with Crippen LogP contribution in [0, 0.1) is 11.6 Å². The van der Waals surface area contributed by atoms with Gasteiger partial charge < -0.3 is 20.1 Å². The molecule has 4 rings (SSSR count). The lowest BCUT2D eigenvalue weighted by Gasteiger charge is -2.16. The van der Waals surface area contributed by atoms with E-state index in [1.165, 1.54) is 24.3 Å². The van der Waals surface area contributed by atoms with Gasteiger partial charge in [0, 0.05) is 16.8 Å². The molecule has 0 saturated carbocycles. The van der Waals surface area contributed by atoms with Gasteiger partial charge in [0.05, 0.1) is 11.1 Å². The molecule has 3 aromatic rings. The van der Waals surface area contributed by atoms with E-state index in [2.05, 4.69) is 10.6 Å². The number of carbonyl (C=O) groups excluding carboxylic acids is 2. The van der Waals surface area contributed by atoms with Gasteiger partial charge in [0.2, 0.25) is 0 Å². The fraction of sp³-hybridized carbons (Fsp3) is 0.200. The molecular formula is C25H21ClF2N2O4. The molecule has 0 heterocycles. The largest absolute Gasteiger partial charge is 0.490 e. The van der Waals surface area contributed by atoms with Crippen molar-refractivity contribution in [2.75, 3.05) is 18.5 Å². The first-order chi connectivity index (χ1) is 16.4. The monoisotopic (exact) mass is 486 g/mol. The molecule has 0 spiro atoms. The highest BCUT2D eigenvalue weighted by Crippen LogP contribution is 2.36. The lowest BCUT2D eigenvalue weighted by molar-refractivity contribution is 0.102. The van der Waals surface area contributed by atoms with Gasteiger partial charge in [-0.2, -0.15) is 0 Å². The molecule has 0 fully saturated rings. The Hall–Kier alpha value is -3.65. The maximum absolute atomic E-state index is 14.7. The molecule has 2 N–H and O–H groups in total. The van der Waals surface area contributed by atoms with Gasteiger partial charge >= 0.3 is 6.09 Å². The molecular weight excluding hydrogens is 466 g/mol. The van der Waals surface area contributed by atoms with Crippen LogP contribution in [0.3, 0.4) is 0 Å². The first kappa shape index (κ1) is 23.5. The van der Waals surface area contributed by atoms with Gasteiger partial charge in [-0.1, -0.05) is 29.8 Å². The Morgan fingerprint density at radius 2 is 1.76 bits per heavy atom. The summed E-state index contributed by atoms with van der Waals surface area (Å²) in [7, 11) is 0. The normalized spacial score (nSPS) is 14.3. The fourth-order valence-electron chi connectivity index (χ4n) is 3.84. The van der Waals surface area contributed by atoms with Crippen molar-refractivity contribution in [2.24, 2.45) is 0 Å². The van der Waals surface area contributed by atoms with Crippen molar-refractivity contribution in [3.05, 3.63) is 94.0 Å². The van der Waals surface area contributed by atoms with E-state index in [4.69, 9.17) is 21.1 Å². The number of carbonyl (C=O) groups is 2. The molecule has 0 aromatic heterocycles. The van der Waals surface area contributed by atoms with Crippen LogP contribution in [-0.4, -0.2) is 25.2 Å². The average Bonchev–Trinajstić information content (AvgIpc) is 3.24. The highest BCUT2D eigenvalue weighted by atomic mass is 35.5. The molecule has 1 aliphatic carbocycles. The van der Waals surface area contributed by atoms with Gasteiger partial charge in [0.15, 0.2) is 0 Å². The van der Waals surface area contributed by atoms with Crippen molar-refractivity contribution >= 4 is 29.3 Å². The van der Waals surface area contributed by atoms with E-state index in [-0.39, 0.29) is 29.4 Å². The number of nitrogens with one attached hydrogen (secondary N) is 2. The number of fused-ring (bicyclic) bond motifs is 1. The number of anilines is 1. The second-order valence-electron chi connectivity index (χ2n) is 7.60. The van der Waals surface area contributed by atoms with E-state index in [1.807, 2.05) is 18.2 Å². The number of rotatable bonds is 7. The minimum absolute atomic E-state index is 0.0193. The number of hydrogen-bond donors (Lipinski definition) is 2. The summed E-state index contributed by atoms with van der Waals surface area (Å²) < 4.78 is 38.6. The van der Waals surface area contributed by atoms with Crippen molar-refractivity contribution in [1.82, 2.24) is 5.32 Å². The lowest BCUT2D eigenvalue weighted by Crippen LogP contribution is -2.29. The third kappa shape index (κ3) is 5.46. The summed E-state index contributed by atoms with van der Waals surface area (Å²) in [6.45, 7) is 0.191. The Labute approximate surface area is 199 Å². The fourth-order valence-corrected chi connectivity index (χ4v) is 4.02. The topological polar surface area (TPSA) is 76.7 Å². The molecule has 34 heavy (non-hydrogen) atoms. The number of amides is 2. The summed E-state index contributed by atoms with van der Waals surface area (Å²) in [5.41, 5.74) is 1.33. The van der Waals surface area contributed by atoms with Crippen LogP contribution in [0.4, 0.5) is 19.3 Å². The number of alkyl carbamates (subject to hydrolysis) is 1. The molecule has 3 aromatic carbocycles. The second-order valence-corrected chi connectivity index (χ2v) is 8.01. The summed E-state index contributed by atoms with van der Waals surface area (Å²) in [6.07, 6.45) is 0.0982. The molecule has 0 aliphatic heterocycles. The smallest absolute Gasteiger partial charge is 0.407 e. The minimum Gasteiger partial charge on any atom is -0.490 e. The van der Waals surface area contributed by atoms with E-state index >= 15 is 0 Å². The van der Waals surface area contributed by atoms with Crippen LogP contribution < -0.4 is 15.4 Å².